The van der Waals surface area contributed by atoms with Crippen LogP contribution < -0.4 is 5.73 Å². The summed E-state index contributed by atoms with van der Waals surface area (Å²) >= 11 is 0. The third-order valence-corrected chi connectivity index (χ3v) is 2.38. The molecule has 0 fully saturated rings. The van der Waals surface area contributed by atoms with Gasteiger partial charge in [0, 0.05) is 6.04 Å². The van der Waals surface area contributed by atoms with Crippen molar-refractivity contribution in [3.63, 3.8) is 0 Å². The lowest BCUT2D eigenvalue weighted by atomic mass is 10.0. The quantitative estimate of drug-likeness (QED) is 0.734. The van der Waals surface area contributed by atoms with Gasteiger partial charge in [0.25, 0.3) is 0 Å². The van der Waals surface area contributed by atoms with Crippen molar-refractivity contribution in [1.29, 1.82) is 0 Å². The summed E-state index contributed by atoms with van der Waals surface area (Å²) in [6.07, 6.45) is -4.87. The van der Waals surface area contributed by atoms with Crippen molar-refractivity contribution in [1.82, 2.24) is 0 Å². The molecule has 0 aromatic rings. The van der Waals surface area contributed by atoms with E-state index in [0.29, 0.717) is 6.42 Å². The maximum absolute atomic E-state index is 12.4. The van der Waals surface area contributed by atoms with E-state index < -0.39 is 24.7 Å². The van der Waals surface area contributed by atoms with Crippen LogP contribution in [0.5, 0.6) is 0 Å². The zero-order chi connectivity index (χ0) is 13.0. The molecule has 0 aromatic heterocycles. The third-order valence-electron chi connectivity index (χ3n) is 2.38. The predicted octanol–water partition coefficient (Wildman–Crippen LogP) is 2.57. The molecule has 0 aromatic carbocycles. The van der Waals surface area contributed by atoms with Gasteiger partial charge in [-0.25, -0.2) is 0 Å². The van der Waals surface area contributed by atoms with E-state index in [1.165, 1.54) is 0 Å². The van der Waals surface area contributed by atoms with Crippen LogP contribution in [-0.4, -0.2) is 31.4 Å². The second-order valence-electron chi connectivity index (χ2n) is 3.77. The van der Waals surface area contributed by atoms with Gasteiger partial charge in [-0.1, -0.05) is 20.3 Å². The lowest BCUT2D eigenvalue weighted by molar-refractivity contribution is -0.297. The van der Waals surface area contributed by atoms with Gasteiger partial charge in [-0.2, -0.15) is 22.0 Å². The minimum absolute atomic E-state index is 0.0134. The van der Waals surface area contributed by atoms with E-state index in [1.807, 2.05) is 6.92 Å². The minimum Gasteiger partial charge on any atom is -0.373 e. The largest absolute Gasteiger partial charge is 0.455 e. The van der Waals surface area contributed by atoms with Gasteiger partial charge in [0.1, 0.15) is 6.61 Å². The minimum atomic E-state index is -5.58. The summed E-state index contributed by atoms with van der Waals surface area (Å²) in [4.78, 5) is 0. The molecule has 0 bridgehead atoms. The fourth-order valence-corrected chi connectivity index (χ4v) is 0.872. The molecule has 7 heteroatoms. The predicted molar refractivity (Wildman–Crippen MR) is 49.3 cm³/mol. The summed E-state index contributed by atoms with van der Waals surface area (Å²) in [5, 5.41) is 0. The molecule has 0 amide bonds. The molecular formula is C9H16F5NO. The van der Waals surface area contributed by atoms with Gasteiger partial charge in [0.15, 0.2) is 0 Å². The first-order valence-electron chi connectivity index (χ1n) is 4.89. The van der Waals surface area contributed by atoms with Gasteiger partial charge < -0.3 is 10.5 Å². The Morgan fingerprint density at radius 2 is 1.69 bits per heavy atom. The summed E-state index contributed by atoms with van der Waals surface area (Å²) in [5.74, 6) is -4.80. The van der Waals surface area contributed by atoms with E-state index in [4.69, 9.17) is 5.73 Å². The maximum Gasteiger partial charge on any atom is 0.455 e. The monoisotopic (exact) mass is 249 g/mol. The molecule has 0 aliphatic rings. The molecule has 0 aliphatic heterocycles. The Labute approximate surface area is 90.9 Å². The molecule has 0 saturated carbocycles. The van der Waals surface area contributed by atoms with Crippen LogP contribution in [0.2, 0.25) is 0 Å². The van der Waals surface area contributed by atoms with Crippen molar-refractivity contribution in [2.24, 2.45) is 11.7 Å². The van der Waals surface area contributed by atoms with Gasteiger partial charge in [-0.05, 0) is 5.92 Å². The summed E-state index contributed by atoms with van der Waals surface area (Å²) in [6, 6.07) is -0.533. The summed E-state index contributed by atoms with van der Waals surface area (Å²) < 4.78 is 64.2. The Morgan fingerprint density at radius 1 is 1.19 bits per heavy atom. The normalized spacial score (nSPS) is 17.2. The molecule has 2 nitrogen and oxygen atoms in total. The fourth-order valence-electron chi connectivity index (χ4n) is 0.872. The van der Waals surface area contributed by atoms with Crippen LogP contribution >= 0.6 is 0 Å². The van der Waals surface area contributed by atoms with Crippen LogP contribution in [0, 0.1) is 5.92 Å². The highest BCUT2D eigenvalue weighted by molar-refractivity contribution is 4.76. The van der Waals surface area contributed by atoms with Crippen molar-refractivity contribution in [2.75, 3.05) is 13.2 Å². The van der Waals surface area contributed by atoms with E-state index in [0.717, 1.165) is 0 Å². The second-order valence-corrected chi connectivity index (χ2v) is 3.77. The average molecular weight is 249 g/mol. The number of halogens is 5. The fraction of sp³-hybridized carbons (Fsp3) is 1.00. The Morgan fingerprint density at radius 3 is 2.06 bits per heavy atom. The molecule has 0 radical (unpaired) electrons. The summed E-state index contributed by atoms with van der Waals surface area (Å²) in [7, 11) is 0. The zero-order valence-corrected chi connectivity index (χ0v) is 9.15. The van der Waals surface area contributed by atoms with Crippen molar-refractivity contribution in [2.45, 2.75) is 38.4 Å². The van der Waals surface area contributed by atoms with Crippen LogP contribution in [0.25, 0.3) is 0 Å². The van der Waals surface area contributed by atoms with E-state index in [1.54, 1.807) is 6.92 Å². The third kappa shape index (κ3) is 4.61. The lowest BCUT2D eigenvalue weighted by Gasteiger charge is -2.22. The summed E-state index contributed by atoms with van der Waals surface area (Å²) in [6.45, 7) is 1.63. The van der Waals surface area contributed by atoms with Gasteiger partial charge in [0.2, 0.25) is 0 Å². The molecule has 0 aliphatic carbocycles. The van der Waals surface area contributed by atoms with Crippen LogP contribution in [0.4, 0.5) is 22.0 Å². The van der Waals surface area contributed by atoms with Crippen molar-refractivity contribution >= 4 is 0 Å². The highest BCUT2D eigenvalue weighted by atomic mass is 19.4. The first kappa shape index (κ1) is 15.6. The molecule has 2 atom stereocenters. The highest BCUT2D eigenvalue weighted by Crippen LogP contribution is 2.35. The molecule has 98 valence electrons. The number of alkyl halides is 5. The van der Waals surface area contributed by atoms with Gasteiger partial charge in [-0.15, -0.1) is 0 Å². The number of nitrogens with two attached hydrogens (primary N) is 1. The van der Waals surface area contributed by atoms with E-state index >= 15 is 0 Å². The SMILES string of the molecule is CCC(C)C(N)COCC(F)(F)C(F)(F)F. The van der Waals surface area contributed by atoms with Gasteiger partial charge >= 0.3 is 12.1 Å². The van der Waals surface area contributed by atoms with Crippen molar-refractivity contribution < 1.29 is 26.7 Å². The van der Waals surface area contributed by atoms with E-state index in [2.05, 4.69) is 4.74 Å². The van der Waals surface area contributed by atoms with E-state index in [-0.39, 0.29) is 12.5 Å². The number of rotatable bonds is 6. The van der Waals surface area contributed by atoms with Gasteiger partial charge in [0.05, 0.1) is 6.61 Å². The standard InChI is InChI=1S/C9H16F5NO/c1-3-6(2)7(15)4-16-5-8(10,11)9(12,13)14/h6-7H,3-5,15H2,1-2H3. The number of hydrogen-bond acceptors (Lipinski definition) is 2. The van der Waals surface area contributed by atoms with Crippen LogP contribution in [0.3, 0.4) is 0 Å². The van der Waals surface area contributed by atoms with Crippen LogP contribution in [-0.2, 0) is 4.74 Å². The van der Waals surface area contributed by atoms with E-state index in [9.17, 15) is 22.0 Å². The Bertz CT molecular complexity index is 207. The molecule has 0 spiro atoms. The Kier molecular flexibility index (Phi) is 5.61. The Hall–Kier alpha value is -0.430. The molecule has 2 unspecified atom stereocenters. The molecule has 16 heavy (non-hydrogen) atoms. The molecule has 0 rings (SSSR count). The molecule has 2 N–H and O–H groups in total. The molecule has 0 saturated heterocycles. The first-order chi connectivity index (χ1) is 7.12. The van der Waals surface area contributed by atoms with Crippen molar-refractivity contribution in [3.05, 3.63) is 0 Å². The van der Waals surface area contributed by atoms with Crippen LogP contribution in [0.15, 0.2) is 0 Å². The zero-order valence-electron chi connectivity index (χ0n) is 9.15. The highest BCUT2D eigenvalue weighted by Gasteiger charge is 2.57. The lowest BCUT2D eigenvalue weighted by Crippen LogP contribution is -2.42. The molecular weight excluding hydrogens is 233 g/mol. The average Bonchev–Trinajstić information content (AvgIpc) is 2.14. The number of hydrogen-bond donors (Lipinski definition) is 1. The van der Waals surface area contributed by atoms with Crippen LogP contribution in [0.1, 0.15) is 20.3 Å². The smallest absolute Gasteiger partial charge is 0.373 e. The topological polar surface area (TPSA) is 35.2 Å². The first-order valence-corrected chi connectivity index (χ1v) is 4.89. The van der Waals surface area contributed by atoms with Gasteiger partial charge in [-0.3, -0.25) is 0 Å². The van der Waals surface area contributed by atoms with Crippen molar-refractivity contribution in [3.8, 4) is 0 Å². The number of ether oxygens (including phenoxy) is 1. The maximum atomic E-state index is 12.4. The summed E-state index contributed by atoms with van der Waals surface area (Å²) in [5.41, 5.74) is 5.51. The Balaban J connectivity index is 3.99. The molecule has 0 heterocycles. The second kappa shape index (κ2) is 5.77.